The molecule has 1 saturated heterocycles. The minimum Gasteiger partial charge on any atom is -0.491 e. The topological polar surface area (TPSA) is 96.0 Å². The van der Waals surface area contributed by atoms with E-state index in [0.717, 1.165) is 29.2 Å². The lowest BCUT2D eigenvalue weighted by Crippen LogP contribution is -2.17. The second-order valence-corrected chi connectivity index (χ2v) is 8.47. The highest BCUT2D eigenvalue weighted by molar-refractivity contribution is 8.15. The number of aldehydes is 1. The van der Waals surface area contributed by atoms with Gasteiger partial charge in [0.05, 0.1) is 11.7 Å². The molecule has 0 radical (unpaired) electrons. The highest BCUT2D eigenvalue weighted by Crippen LogP contribution is 2.28. The number of carbonyl (C=O) groups is 4. The zero-order valence-electron chi connectivity index (χ0n) is 17.7. The molecule has 7 nitrogen and oxygen atoms in total. The summed E-state index contributed by atoms with van der Waals surface area (Å²) in [5.74, 6) is 0.199. The Kier molecular flexibility index (Phi) is 8.58. The van der Waals surface area contributed by atoms with Crippen molar-refractivity contribution in [2.45, 2.75) is 37.5 Å². The van der Waals surface area contributed by atoms with Crippen LogP contribution in [-0.4, -0.2) is 41.8 Å². The van der Waals surface area contributed by atoms with Gasteiger partial charge >= 0.3 is 5.97 Å². The van der Waals surface area contributed by atoms with Gasteiger partial charge in [0.1, 0.15) is 24.7 Å². The molecule has 0 aliphatic carbocycles. The normalized spacial score (nSPS) is 16.6. The average Bonchev–Trinajstić information content (AvgIpc) is 3.13. The van der Waals surface area contributed by atoms with Crippen LogP contribution in [0.25, 0.3) is 0 Å². The summed E-state index contributed by atoms with van der Waals surface area (Å²) in [5, 5.41) is -0.391. The summed E-state index contributed by atoms with van der Waals surface area (Å²) in [4.78, 5) is 45.7. The number of thioether (sulfide) groups is 1. The summed E-state index contributed by atoms with van der Waals surface area (Å²) in [6.45, 7) is 1.60. The van der Waals surface area contributed by atoms with Crippen LogP contribution in [0.2, 0.25) is 0 Å². The fraction of sp³-hybridized carbons (Fsp3) is 0.333. The van der Waals surface area contributed by atoms with Crippen LogP contribution >= 0.6 is 11.8 Å². The van der Waals surface area contributed by atoms with Gasteiger partial charge in [0.15, 0.2) is 17.7 Å². The van der Waals surface area contributed by atoms with E-state index in [1.807, 2.05) is 18.2 Å². The third-order valence-electron chi connectivity index (χ3n) is 4.89. The Labute approximate surface area is 190 Å². The summed E-state index contributed by atoms with van der Waals surface area (Å²) >= 11 is 1.10. The van der Waals surface area contributed by atoms with Crippen molar-refractivity contribution in [1.29, 1.82) is 0 Å². The summed E-state index contributed by atoms with van der Waals surface area (Å²) in [5.41, 5.74) is 2.17. The molecule has 2 atom stereocenters. The first-order chi connectivity index (χ1) is 15.5. The zero-order chi connectivity index (χ0) is 22.9. The predicted octanol–water partition coefficient (Wildman–Crippen LogP) is 3.69. The molecule has 1 fully saturated rings. The minimum atomic E-state index is -0.558. The van der Waals surface area contributed by atoms with Crippen molar-refractivity contribution in [1.82, 2.24) is 0 Å². The van der Waals surface area contributed by atoms with E-state index in [1.54, 1.807) is 37.3 Å². The lowest BCUT2D eigenvalue weighted by atomic mass is 10.1. The smallest absolute Gasteiger partial charge is 0.307 e. The quantitative estimate of drug-likeness (QED) is 0.219. The molecule has 0 spiro atoms. The van der Waals surface area contributed by atoms with E-state index in [1.165, 1.54) is 0 Å². The number of ketones is 1. The molecule has 8 heteroatoms. The number of hydrogen-bond acceptors (Lipinski definition) is 8. The van der Waals surface area contributed by atoms with Gasteiger partial charge in [-0.3, -0.25) is 19.2 Å². The van der Waals surface area contributed by atoms with Crippen LogP contribution in [0, 0.1) is 0 Å². The molecule has 0 amide bonds. The molecule has 0 N–H and O–H groups in total. The molecule has 1 aliphatic heterocycles. The number of benzene rings is 2. The third-order valence-corrected chi connectivity index (χ3v) is 6.01. The lowest BCUT2D eigenvalue weighted by Gasteiger charge is -2.19. The Bertz CT molecular complexity index is 971. The summed E-state index contributed by atoms with van der Waals surface area (Å²) < 4.78 is 16.6. The van der Waals surface area contributed by atoms with Gasteiger partial charge in [-0.25, -0.2) is 0 Å². The number of ether oxygens (including phenoxy) is 3. The van der Waals surface area contributed by atoms with E-state index >= 15 is 0 Å². The van der Waals surface area contributed by atoms with Gasteiger partial charge in [-0.1, -0.05) is 49.0 Å². The SMILES string of the molecule is CCC(=O)OCOC(COc1ccc(CC2SC(=O)CC2=O)cc1)c1cccc(C=O)c1. The number of Topliss-reactive ketones (excluding diaryl/α,β-unsaturated/α-hetero) is 1. The van der Waals surface area contributed by atoms with Crippen molar-refractivity contribution in [3.05, 3.63) is 65.2 Å². The van der Waals surface area contributed by atoms with Crippen molar-refractivity contribution < 1.29 is 33.4 Å². The first-order valence-corrected chi connectivity index (χ1v) is 11.1. The minimum absolute atomic E-state index is 0.0107. The molecule has 1 heterocycles. The van der Waals surface area contributed by atoms with Crippen LogP contribution in [-0.2, 0) is 30.3 Å². The number of hydrogen-bond donors (Lipinski definition) is 0. The highest BCUT2D eigenvalue weighted by Gasteiger charge is 2.31. The van der Waals surface area contributed by atoms with Gasteiger partial charge in [0, 0.05) is 12.0 Å². The molecule has 32 heavy (non-hydrogen) atoms. The second-order valence-electron chi connectivity index (χ2n) is 7.21. The van der Waals surface area contributed by atoms with E-state index in [-0.39, 0.29) is 48.4 Å². The molecular formula is C24H24O7S. The maximum Gasteiger partial charge on any atom is 0.307 e. The van der Waals surface area contributed by atoms with Gasteiger partial charge in [0.25, 0.3) is 0 Å². The molecule has 0 bridgehead atoms. The van der Waals surface area contributed by atoms with Crippen molar-refractivity contribution >= 4 is 34.9 Å². The average molecular weight is 457 g/mol. The van der Waals surface area contributed by atoms with Crippen molar-refractivity contribution in [3.63, 3.8) is 0 Å². The van der Waals surface area contributed by atoms with E-state index in [9.17, 15) is 19.2 Å². The van der Waals surface area contributed by atoms with Crippen molar-refractivity contribution in [3.8, 4) is 5.75 Å². The summed E-state index contributed by atoms with van der Waals surface area (Å²) in [6.07, 6.45) is 0.950. The maximum atomic E-state index is 11.8. The Morgan fingerprint density at radius 2 is 1.97 bits per heavy atom. The Hall–Kier alpha value is -2.97. The van der Waals surface area contributed by atoms with E-state index in [2.05, 4.69) is 0 Å². The third kappa shape index (κ3) is 6.77. The molecule has 1 aliphatic rings. The van der Waals surface area contributed by atoms with E-state index in [0.29, 0.717) is 17.7 Å². The van der Waals surface area contributed by atoms with Gasteiger partial charge in [0.2, 0.25) is 0 Å². The molecule has 0 saturated carbocycles. The maximum absolute atomic E-state index is 11.8. The summed E-state index contributed by atoms with van der Waals surface area (Å²) in [6, 6.07) is 14.2. The van der Waals surface area contributed by atoms with Crippen LogP contribution in [0.15, 0.2) is 48.5 Å². The molecule has 2 unspecified atom stereocenters. The van der Waals surface area contributed by atoms with Crippen LogP contribution in [0.3, 0.4) is 0 Å². The molecule has 168 valence electrons. The second kappa shape index (κ2) is 11.6. The Morgan fingerprint density at radius 3 is 2.62 bits per heavy atom. The molecule has 2 aromatic rings. The highest BCUT2D eigenvalue weighted by atomic mass is 32.2. The molecule has 3 rings (SSSR count). The van der Waals surface area contributed by atoms with Crippen LogP contribution < -0.4 is 4.74 Å². The predicted molar refractivity (Wildman–Crippen MR) is 119 cm³/mol. The Balaban J connectivity index is 1.61. The molecule has 2 aromatic carbocycles. The molecular weight excluding hydrogens is 432 g/mol. The lowest BCUT2D eigenvalue weighted by molar-refractivity contribution is -0.162. The van der Waals surface area contributed by atoms with Crippen molar-refractivity contribution in [2.75, 3.05) is 13.4 Å². The standard InChI is InChI=1S/C24H24O7S/c1-2-23(27)31-15-30-21(18-5-3-4-17(10-18)13-25)14-29-19-8-6-16(7-9-19)11-22-20(26)12-24(28)32-22/h3-10,13,21-22H,2,11-12,14-15H2,1H3. The molecule has 0 aromatic heterocycles. The number of carbonyl (C=O) groups excluding carboxylic acids is 4. The van der Waals surface area contributed by atoms with Gasteiger partial charge in [-0.05, 0) is 35.7 Å². The number of esters is 1. The van der Waals surface area contributed by atoms with Crippen molar-refractivity contribution in [2.24, 2.45) is 0 Å². The largest absolute Gasteiger partial charge is 0.491 e. The number of rotatable bonds is 11. The summed E-state index contributed by atoms with van der Waals surface area (Å²) in [7, 11) is 0. The van der Waals surface area contributed by atoms with Crippen LogP contribution in [0.4, 0.5) is 0 Å². The fourth-order valence-corrected chi connectivity index (χ4v) is 4.18. The van der Waals surface area contributed by atoms with Gasteiger partial charge < -0.3 is 14.2 Å². The first-order valence-electron chi connectivity index (χ1n) is 10.2. The van der Waals surface area contributed by atoms with Gasteiger partial charge in [-0.15, -0.1) is 0 Å². The first kappa shape index (κ1) is 23.7. The van der Waals surface area contributed by atoms with Crippen LogP contribution in [0.5, 0.6) is 5.75 Å². The zero-order valence-corrected chi connectivity index (χ0v) is 18.5. The van der Waals surface area contributed by atoms with E-state index < -0.39 is 6.10 Å². The van der Waals surface area contributed by atoms with Gasteiger partial charge in [-0.2, -0.15) is 0 Å². The fourth-order valence-electron chi connectivity index (χ4n) is 3.14. The monoisotopic (exact) mass is 456 g/mol. The van der Waals surface area contributed by atoms with E-state index in [4.69, 9.17) is 14.2 Å². The Morgan fingerprint density at radius 1 is 1.19 bits per heavy atom. The van der Waals surface area contributed by atoms with Crippen LogP contribution in [0.1, 0.15) is 47.4 Å².